The number of rotatable bonds is 10. The van der Waals surface area contributed by atoms with Crippen LogP contribution in [0.3, 0.4) is 0 Å². The van der Waals surface area contributed by atoms with Crippen molar-refractivity contribution in [2.75, 3.05) is 19.4 Å². The molecule has 2 atom stereocenters. The summed E-state index contributed by atoms with van der Waals surface area (Å²) in [5.74, 6) is 0. The molecule has 0 saturated heterocycles. The van der Waals surface area contributed by atoms with Gasteiger partial charge in [-0.15, -0.1) is 0 Å². The van der Waals surface area contributed by atoms with Crippen molar-refractivity contribution in [3.8, 4) is 0 Å². The summed E-state index contributed by atoms with van der Waals surface area (Å²) in [6, 6.07) is 17.7. The number of hydrogen-bond acceptors (Lipinski definition) is 4. The van der Waals surface area contributed by atoms with E-state index in [2.05, 4.69) is 41.2 Å². The fourth-order valence-electron chi connectivity index (χ4n) is 2.81. The van der Waals surface area contributed by atoms with E-state index in [0.717, 1.165) is 11.1 Å². The molecule has 2 aromatic rings. The molecule has 0 heterocycles. The van der Waals surface area contributed by atoms with E-state index in [1.807, 2.05) is 37.3 Å². The van der Waals surface area contributed by atoms with Gasteiger partial charge in [0.25, 0.3) is 0 Å². The zero-order valence-electron chi connectivity index (χ0n) is 15.6. The van der Waals surface area contributed by atoms with Crippen LogP contribution in [0.2, 0.25) is 0 Å². The van der Waals surface area contributed by atoms with Gasteiger partial charge in [-0.3, -0.25) is 0 Å². The number of aryl methyl sites for hydroxylation is 1. The first-order chi connectivity index (χ1) is 12.3. The lowest BCUT2D eigenvalue weighted by atomic mass is 10.0. The summed E-state index contributed by atoms with van der Waals surface area (Å²) in [6.07, 6.45) is 1.18. The Labute approximate surface area is 156 Å². The number of benzene rings is 2. The first-order valence-corrected chi connectivity index (χ1v) is 10.6. The Morgan fingerprint density at radius 3 is 2.31 bits per heavy atom. The van der Waals surface area contributed by atoms with E-state index in [1.54, 1.807) is 0 Å². The fraction of sp³-hybridized carbons (Fsp3) is 0.400. The minimum atomic E-state index is -3.27. The molecule has 0 saturated carbocycles. The molecule has 142 valence electrons. The highest BCUT2D eigenvalue weighted by molar-refractivity contribution is 7.88. The minimum absolute atomic E-state index is 0.131. The quantitative estimate of drug-likeness (QED) is 0.626. The Bertz CT molecular complexity index is 761. The average molecular weight is 377 g/mol. The normalized spacial score (nSPS) is 14.1. The lowest BCUT2D eigenvalue weighted by Gasteiger charge is -2.26. The molecule has 0 aliphatic carbocycles. The van der Waals surface area contributed by atoms with Crippen molar-refractivity contribution in [2.24, 2.45) is 0 Å². The van der Waals surface area contributed by atoms with E-state index in [0.29, 0.717) is 19.8 Å². The summed E-state index contributed by atoms with van der Waals surface area (Å²) in [6.45, 7) is 5.65. The van der Waals surface area contributed by atoms with Crippen LogP contribution in [0.25, 0.3) is 0 Å². The highest BCUT2D eigenvalue weighted by atomic mass is 32.2. The van der Waals surface area contributed by atoms with Gasteiger partial charge in [0.05, 0.1) is 19.5 Å². The van der Waals surface area contributed by atoms with E-state index in [4.69, 9.17) is 4.74 Å². The number of ether oxygens (including phenoxy) is 1. The van der Waals surface area contributed by atoms with Gasteiger partial charge >= 0.3 is 0 Å². The first kappa shape index (κ1) is 20.6. The summed E-state index contributed by atoms with van der Waals surface area (Å²) >= 11 is 0. The maximum Gasteiger partial charge on any atom is 0.209 e. The van der Waals surface area contributed by atoms with Crippen LogP contribution in [0.15, 0.2) is 54.6 Å². The average Bonchev–Trinajstić information content (AvgIpc) is 2.59. The summed E-state index contributed by atoms with van der Waals surface area (Å²) in [5.41, 5.74) is 3.41. The topological polar surface area (TPSA) is 67.4 Å². The highest BCUT2D eigenvalue weighted by Crippen LogP contribution is 2.17. The molecule has 2 N–H and O–H groups in total. The first-order valence-electron chi connectivity index (χ1n) is 8.74. The van der Waals surface area contributed by atoms with E-state index >= 15 is 0 Å². The van der Waals surface area contributed by atoms with E-state index < -0.39 is 10.0 Å². The molecule has 0 aliphatic heterocycles. The van der Waals surface area contributed by atoms with Crippen molar-refractivity contribution < 1.29 is 13.2 Å². The second-order valence-electron chi connectivity index (χ2n) is 6.56. The van der Waals surface area contributed by atoms with E-state index in [9.17, 15) is 8.42 Å². The Morgan fingerprint density at radius 2 is 1.69 bits per heavy atom. The molecular weight excluding hydrogens is 348 g/mol. The summed E-state index contributed by atoms with van der Waals surface area (Å²) in [5, 5.41) is 3.40. The predicted octanol–water partition coefficient (Wildman–Crippen LogP) is 2.78. The molecule has 0 radical (unpaired) electrons. The maximum atomic E-state index is 11.6. The molecule has 0 spiro atoms. The third-order valence-electron chi connectivity index (χ3n) is 4.06. The molecule has 0 amide bonds. The molecule has 0 aromatic heterocycles. The number of sulfonamides is 1. The van der Waals surface area contributed by atoms with E-state index in [-0.39, 0.29) is 12.1 Å². The fourth-order valence-corrected chi connectivity index (χ4v) is 3.62. The second-order valence-corrected chi connectivity index (χ2v) is 8.34. The Morgan fingerprint density at radius 1 is 1.04 bits per heavy atom. The Hall–Kier alpha value is -1.73. The van der Waals surface area contributed by atoms with E-state index in [1.165, 1.54) is 11.8 Å². The molecule has 2 rings (SSSR count). The third kappa shape index (κ3) is 7.25. The smallest absolute Gasteiger partial charge is 0.209 e. The molecule has 2 aromatic carbocycles. The largest absolute Gasteiger partial charge is 0.375 e. The SMILES string of the molecule is Cc1ccc(COCCNC(c2ccccc2)C(C)NS(C)(=O)=O)cc1. The van der Waals surface area contributed by atoms with Crippen molar-refractivity contribution in [3.63, 3.8) is 0 Å². The van der Waals surface area contributed by atoms with Gasteiger partial charge in [0.15, 0.2) is 0 Å². The van der Waals surface area contributed by atoms with Gasteiger partial charge in [-0.2, -0.15) is 0 Å². The van der Waals surface area contributed by atoms with Gasteiger partial charge in [-0.25, -0.2) is 13.1 Å². The molecule has 0 aliphatic rings. The standard InChI is InChI=1S/C20H28N2O3S/c1-16-9-11-18(12-10-16)15-25-14-13-21-20(17(2)22-26(3,23)24)19-7-5-4-6-8-19/h4-12,17,20-22H,13-15H2,1-3H3. The molecule has 26 heavy (non-hydrogen) atoms. The van der Waals surface area contributed by atoms with Crippen LogP contribution in [0.4, 0.5) is 0 Å². The van der Waals surface area contributed by atoms with Crippen molar-refractivity contribution >= 4 is 10.0 Å². The van der Waals surface area contributed by atoms with Crippen LogP contribution in [-0.2, 0) is 21.4 Å². The van der Waals surface area contributed by atoms with Crippen molar-refractivity contribution in [2.45, 2.75) is 32.5 Å². The third-order valence-corrected chi connectivity index (χ3v) is 4.86. The summed E-state index contributed by atoms with van der Waals surface area (Å²) in [7, 11) is -3.27. The lowest BCUT2D eigenvalue weighted by Crippen LogP contribution is -2.43. The van der Waals surface area contributed by atoms with Crippen LogP contribution in [0.1, 0.15) is 29.7 Å². The van der Waals surface area contributed by atoms with Gasteiger partial charge < -0.3 is 10.1 Å². The zero-order valence-corrected chi connectivity index (χ0v) is 16.4. The van der Waals surface area contributed by atoms with Crippen LogP contribution in [0.5, 0.6) is 0 Å². The van der Waals surface area contributed by atoms with Gasteiger partial charge in [-0.1, -0.05) is 60.2 Å². The molecule has 0 fully saturated rings. The van der Waals surface area contributed by atoms with Crippen LogP contribution >= 0.6 is 0 Å². The minimum Gasteiger partial charge on any atom is -0.375 e. The van der Waals surface area contributed by atoms with Crippen LogP contribution in [-0.4, -0.2) is 33.9 Å². The van der Waals surface area contributed by atoms with Gasteiger partial charge in [0.2, 0.25) is 10.0 Å². The molecule has 6 heteroatoms. The number of nitrogens with one attached hydrogen (secondary N) is 2. The molecule has 5 nitrogen and oxygen atoms in total. The monoisotopic (exact) mass is 376 g/mol. The van der Waals surface area contributed by atoms with Gasteiger partial charge in [0.1, 0.15) is 0 Å². The highest BCUT2D eigenvalue weighted by Gasteiger charge is 2.21. The zero-order chi connectivity index (χ0) is 19.0. The van der Waals surface area contributed by atoms with Crippen molar-refractivity contribution in [3.05, 3.63) is 71.3 Å². The Kier molecular flexibility index (Phi) is 7.78. The van der Waals surface area contributed by atoms with Gasteiger partial charge in [0, 0.05) is 18.6 Å². The van der Waals surface area contributed by atoms with Crippen LogP contribution < -0.4 is 10.0 Å². The Balaban J connectivity index is 1.87. The summed E-state index contributed by atoms with van der Waals surface area (Å²) in [4.78, 5) is 0. The van der Waals surface area contributed by atoms with Crippen LogP contribution in [0, 0.1) is 6.92 Å². The summed E-state index contributed by atoms with van der Waals surface area (Å²) < 4.78 is 31.5. The van der Waals surface area contributed by atoms with Crippen molar-refractivity contribution in [1.29, 1.82) is 0 Å². The van der Waals surface area contributed by atoms with Gasteiger partial charge in [-0.05, 0) is 25.0 Å². The predicted molar refractivity (Wildman–Crippen MR) is 105 cm³/mol. The van der Waals surface area contributed by atoms with Crippen molar-refractivity contribution in [1.82, 2.24) is 10.0 Å². The molecule has 0 bridgehead atoms. The maximum absolute atomic E-state index is 11.6. The number of hydrogen-bond donors (Lipinski definition) is 2. The molecule has 2 unspecified atom stereocenters. The lowest BCUT2D eigenvalue weighted by molar-refractivity contribution is 0.120. The second kappa shape index (κ2) is 9.83. The molecular formula is C20H28N2O3S.